The standard InChI is InChI=1S/C4H6.C2H6O.C2H4O/c1-3-4-2;2*1-2-3/h3-4H,1-2H2;3H,2H2,1H3;2H,1H3. The highest BCUT2D eigenvalue weighted by Crippen LogP contribution is 1.52. The summed E-state index contributed by atoms with van der Waals surface area (Å²) >= 11 is 0. The smallest absolute Gasteiger partial charge is 0.116 e. The van der Waals surface area contributed by atoms with Gasteiger partial charge in [-0.15, -0.1) is 0 Å². The third-order valence-corrected chi connectivity index (χ3v) is 0.167. The van der Waals surface area contributed by atoms with Crippen LogP contribution in [0.15, 0.2) is 25.3 Å². The van der Waals surface area contributed by atoms with E-state index in [2.05, 4.69) is 13.2 Å². The molecule has 0 unspecified atom stereocenters. The third-order valence-electron chi connectivity index (χ3n) is 0.167. The zero-order valence-electron chi connectivity index (χ0n) is 6.71. The Balaban J connectivity index is -0.0000000750. The van der Waals surface area contributed by atoms with Gasteiger partial charge in [0.05, 0.1) is 0 Å². The Kier molecular flexibility index (Phi) is 68.0. The maximum atomic E-state index is 8.81. The molecule has 0 radical (unpaired) electrons. The Bertz CT molecular complexity index is 61.7. The van der Waals surface area contributed by atoms with E-state index in [4.69, 9.17) is 9.90 Å². The molecule has 2 nitrogen and oxygen atoms in total. The molecule has 60 valence electrons. The monoisotopic (exact) mass is 144 g/mol. The van der Waals surface area contributed by atoms with Crippen LogP contribution >= 0.6 is 0 Å². The van der Waals surface area contributed by atoms with Gasteiger partial charge in [-0.1, -0.05) is 25.3 Å². The minimum Gasteiger partial charge on any atom is -0.397 e. The lowest BCUT2D eigenvalue weighted by molar-refractivity contribution is -0.106. The van der Waals surface area contributed by atoms with E-state index in [9.17, 15) is 0 Å². The molecule has 0 heterocycles. The molecule has 0 saturated heterocycles. The van der Waals surface area contributed by atoms with E-state index in [1.165, 1.54) is 6.92 Å². The second-order valence-corrected chi connectivity index (χ2v) is 1.02. The van der Waals surface area contributed by atoms with Gasteiger partial charge in [-0.2, -0.15) is 0 Å². The maximum absolute atomic E-state index is 8.81. The largest absolute Gasteiger partial charge is 0.397 e. The van der Waals surface area contributed by atoms with Gasteiger partial charge in [0.1, 0.15) is 6.29 Å². The first-order chi connectivity index (χ1) is 4.74. The Hall–Kier alpha value is -0.890. The van der Waals surface area contributed by atoms with Crippen molar-refractivity contribution in [3.05, 3.63) is 25.3 Å². The van der Waals surface area contributed by atoms with Crippen molar-refractivity contribution in [2.75, 3.05) is 6.61 Å². The van der Waals surface area contributed by atoms with Gasteiger partial charge >= 0.3 is 0 Å². The predicted octanol–water partition coefficient (Wildman–Crippen LogP) is 1.56. The van der Waals surface area contributed by atoms with Gasteiger partial charge in [0.15, 0.2) is 0 Å². The normalized spacial score (nSPS) is 5.10. The molecule has 0 atom stereocenters. The van der Waals surface area contributed by atoms with E-state index in [0.717, 1.165) is 6.29 Å². The van der Waals surface area contributed by atoms with Crippen LogP contribution in [0.5, 0.6) is 0 Å². The van der Waals surface area contributed by atoms with Gasteiger partial charge in [0.25, 0.3) is 0 Å². The summed E-state index contributed by atoms with van der Waals surface area (Å²) in [5.74, 6) is 0. The van der Waals surface area contributed by atoms with Gasteiger partial charge < -0.3 is 9.90 Å². The maximum Gasteiger partial charge on any atom is 0.116 e. The highest BCUT2D eigenvalue weighted by atomic mass is 16.2. The van der Waals surface area contributed by atoms with Crippen molar-refractivity contribution in [1.82, 2.24) is 0 Å². The fourth-order valence-electron chi connectivity index (χ4n) is 0. The van der Waals surface area contributed by atoms with Crippen LogP contribution in [0.1, 0.15) is 13.8 Å². The minimum absolute atomic E-state index is 0.250. The van der Waals surface area contributed by atoms with Crippen LogP contribution in [0, 0.1) is 0 Å². The lowest BCUT2D eigenvalue weighted by Crippen LogP contribution is -1.57. The molecule has 1 N–H and O–H groups in total. The minimum atomic E-state index is 0.250. The predicted molar refractivity (Wildman–Crippen MR) is 44.9 cm³/mol. The van der Waals surface area contributed by atoms with Gasteiger partial charge in [0, 0.05) is 6.61 Å². The molecule has 0 aromatic carbocycles. The quantitative estimate of drug-likeness (QED) is 0.448. The Labute approximate surface area is 62.9 Å². The van der Waals surface area contributed by atoms with Crippen LogP contribution in [-0.4, -0.2) is 18.0 Å². The molecular formula is C8H16O2. The first-order valence-electron chi connectivity index (χ1n) is 2.99. The SMILES string of the molecule is C=CC=C.CC=O.CCO. The summed E-state index contributed by atoms with van der Waals surface area (Å²) in [6.45, 7) is 10.1. The molecule has 0 aromatic heterocycles. The zero-order valence-corrected chi connectivity index (χ0v) is 6.71. The molecule has 0 aliphatic heterocycles. The number of rotatable bonds is 1. The second kappa shape index (κ2) is 42.4. The van der Waals surface area contributed by atoms with E-state index in [1.54, 1.807) is 19.1 Å². The number of carbonyl (C=O) groups excluding carboxylic acids is 1. The molecule has 0 spiro atoms. The summed E-state index contributed by atoms with van der Waals surface area (Å²) < 4.78 is 0. The van der Waals surface area contributed by atoms with Crippen molar-refractivity contribution in [1.29, 1.82) is 0 Å². The van der Waals surface area contributed by atoms with Gasteiger partial charge in [0.2, 0.25) is 0 Å². The molecule has 0 fully saturated rings. The fourth-order valence-corrected chi connectivity index (χ4v) is 0. The first kappa shape index (κ1) is 16.1. The van der Waals surface area contributed by atoms with Crippen molar-refractivity contribution in [2.24, 2.45) is 0 Å². The van der Waals surface area contributed by atoms with Crippen molar-refractivity contribution in [3.63, 3.8) is 0 Å². The van der Waals surface area contributed by atoms with Crippen molar-refractivity contribution >= 4 is 6.29 Å². The Morgan fingerprint density at radius 1 is 1.40 bits per heavy atom. The van der Waals surface area contributed by atoms with Gasteiger partial charge in [-0.3, -0.25) is 0 Å². The van der Waals surface area contributed by atoms with E-state index >= 15 is 0 Å². The fraction of sp³-hybridized carbons (Fsp3) is 0.375. The Morgan fingerprint density at radius 3 is 1.50 bits per heavy atom. The van der Waals surface area contributed by atoms with Crippen LogP contribution < -0.4 is 0 Å². The molecule has 0 amide bonds. The molecule has 0 aromatic rings. The number of hydrogen-bond donors (Lipinski definition) is 1. The number of hydrogen-bond acceptors (Lipinski definition) is 2. The molecule has 2 heteroatoms. The van der Waals surface area contributed by atoms with Crippen molar-refractivity contribution in [3.8, 4) is 0 Å². The molecule has 0 aliphatic rings. The molecule has 10 heavy (non-hydrogen) atoms. The van der Waals surface area contributed by atoms with Gasteiger partial charge in [-0.05, 0) is 13.8 Å². The second-order valence-electron chi connectivity index (χ2n) is 1.02. The summed E-state index contributed by atoms with van der Waals surface area (Å²) in [7, 11) is 0. The topological polar surface area (TPSA) is 37.3 Å². The van der Waals surface area contributed by atoms with E-state index in [0.29, 0.717) is 0 Å². The molecule has 0 aliphatic carbocycles. The van der Waals surface area contributed by atoms with Crippen LogP contribution in [0.2, 0.25) is 0 Å². The van der Waals surface area contributed by atoms with Crippen LogP contribution in [0.3, 0.4) is 0 Å². The Morgan fingerprint density at radius 2 is 1.50 bits per heavy atom. The number of aliphatic hydroxyl groups excluding tert-OH is 1. The van der Waals surface area contributed by atoms with E-state index in [1.807, 2.05) is 0 Å². The number of allylic oxidation sites excluding steroid dienone is 2. The summed E-state index contributed by atoms with van der Waals surface area (Å²) in [4.78, 5) is 8.81. The van der Waals surface area contributed by atoms with Crippen LogP contribution in [0.25, 0.3) is 0 Å². The number of aldehydes is 1. The molecular weight excluding hydrogens is 128 g/mol. The summed E-state index contributed by atoms with van der Waals surface area (Å²) in [6, 6.07) is 0. The summed E-state index contributed by atoms with van der Waals surface area (Å²) in [6.07, 6.45) is 4.03. The molecule has 0 saturated carbocycles. The highest BCUT2D eigenvalue weighted by Gasteiger charge is 1.34. The average molecular weight is 144 g/mol. The lowest BCUT2D eigenvalue weighted by atomic mass is 10.6. The summed E-state index contributed by atoms with van der Waals surface area (Å²) in [5, 5.41) is 7.57. The molecule has 0 rings (SSSR count). The number of aliphatic hydroxyl groups is 1. The first-order valence-corrected chi connectivity index (χ1v) is 2.99. The van der Waals surface area contributed by atoms with Crippen molar-refractivity contribution in [2.45, 2.75) is 13.8 Å². The highest BCUT2D eigenvalue weighted by molar-refractivity contribution is 5.44. The average Bonchev–Trinajstić information content (AvgIpc) is 1.91. The summed E-state index contributed by atoms with van der Waals surface area (Å²) in [5.41, 5.74) is 0. The lowest BCUT2D eigenvalue weighted by Gasteiger charge is -1.52. The van der Waals surface area contributed by atoms with E-state index in [-0.39, 0.29) is 6.61 Å². The van der Waals surface area contributed by atoms with Crippen molar-refractivity contribution < 1.29 is 9.90 Å². The third kappa shape index (κ3) is 21900. The van der Waals surface area contributed by atoms with Gasteiger partial charge in [-0.25, -0.2) is 0 Å². The van der Waals surface area contributed by atoms with Crippen LogP contribution in [0.4, 0.5) is 0 Å². The molecule has 0 bridgehead atoms. The van der Waals surface area contributed by atoms with Crippen LogP contribution in [-0.2, 0) is 4.79 Å². The number of carbonyl (C=O) groups is 1. The zero-order chi connectivity index (χ0) is 8.83. The van der Waals surface area contributed by atoms with E-state index < -0.39 is 0 Å².